The summed E-state index contributed by atoms with van der Waals surface area (Å²) in [5.74, 6) is 0.522. The van der Waals surface area contributed by atoms with E-state index in [1.54, 1.807) is 0 Å². The highest BCUT2D eigenvalue weighted by Crippen LogP contribution is 2.41. The second-order valence-corrected chi connectivity index (χ2v) is 6.52. The Kier molecular flexibility index (Phi) is 3.69. The number of aryl methyl sites for hydroxylation is 2. The summed E-state index contributed by atoms with van der Waals surface area (Å²) in [7, 11) is 2.23. The van der Waals surface area contributed by atoms with E-state index in [0.29, 0.717) is 18.0 Å². The fourth-order valence-electron chi connectivity index (χ4n) is 3.98. The number of aliphatic carboxylic acids is 1. The molecular formula is C16H23N3O2. The van der Waals surface area contributed by atoms with Crippen molar-refractivity contribution in [2.24, 2.45) is 0 Å². The predicted octanol–water partition coefficient (Wildman–Crippen LogP) is 2.06. The van der Waals surface area contributed by atoms with Crippen LogP contribution in [0.4, 0.5) is 0 Å². The molecule has 2 atom stereocenters. The molecule has 3 rings (SSSR count). The minimum atomic E-state index is -0.824. The van der Waals surface area contributed by atoms with Crippen molar-refractivity contribution in [3.8, 4) is 0 Å². The Labute approximate surface area is 125 Å². The molecule has 1 aromatic heterocycles. The van der Waals surface area contributed by atoms with E-state index < -0.39 is 5.97 Å². The molecule has 0 aliphatic carbocycles. The third-order valence-electron chi connectivity index (χ3n) is 5.23. The molecule has 114 valence electrons. The molecule has 2 unspecified atom stereocenters. The normalized spacial score (nSPS) is 28.8. The summed E-state index contributed by atoms with van der Waals surface area (Å²) in [6.07, 6.45) is 4.84. The molecule has 21 heavy (non-hydrogen) atoms. The minimum Gasteiger partial charge on any atom is -0.481 e. The van der Waals surface area contributed by atoms with Crippen molar-refractivity contribution in [3.05, 3.63) is 22.8 Å². The predicted molar refractivity (Wildman–Crippen MR) is 79.4 cm³/mol. The van der Waals surface area contributed by atoms with Crippen LogP contribution in [0.3, 0.4) is 0 Å². The van der Waals surface area contributed by atoms with Gasteiger partial charge in [0, 0.05) is 35.0 Å². The zero-order chi connectivity index (χ0) is 15.1. The zero-order valence-electron chi connectivity index (χ0n) is 13.0. The molecular weight excluding hydrogens is 266 g/mol. The fraction of sp³-hybridized carbons (Fsp3) is 0.688. The van der Waals surface area contributed by atoms with Crippen LogP contribution in [-0.2, 0) is 11.2 Å². The third kappa shape index (κ3) is 2.67. The first-order valence-corrected chi connectivity index (χ1v) is 7.73. The topological polar surface area (TPSA) is 66.3 Å². The number of carboxylic acids is 1. The quantitative estimate of drug-likeness (QED) is 0.922. The zero-order valence-corrected chi connectivity index (χ0v) is 13.0. The van der Waals surface area contributed by atoms with E-state index in [1.807, 2.05) is 13.8 Å². The summed E-state index contributed by atoms with van der Waals surface area (Å²) >= 11 is 0. The first-order valence-electron chi connectivity index (χ1n) is 7.73. The molecule has 2 saturated heterocycles. The fourth-order valence-corrected chi connectivity index (χ4v) is 3.98. The molecule has 2 fully saturated rings. The number of carboxylic acid groups (broad SMARTS) is 1. The van der Waals surface area contributed by atoms with Gasteiger partial charge in [0.05, 0.1) is 6.42 Å². The van der Waals surface area contributed by atoms with E-state index in [4.69, 9.17) is 5.11 Å². The number of rotatable bonds is 3. The van der Waals surface area contributed by atoms with Gasteiger partial charge in [-0.2, -0.15) is 0 Å². The number of aromatic nitrogens is 2. The average Bonchev–Trinajstić information content (AvgIpc) is 2.64. The lowest BCUT2D eigenvalue weighted by Gasteiger charge is -2.35. The number of hydrogen-bond donors (Lipinski definition) is 1. The standard InChI is InChI=1S/C16H23N3O2/c1-9-14(8-15(20)21)10(2)18-16(17-9)11-6-12-4-5-13(7-11)19(12)3/h11-13H,4-8H2,1-3H3,(H,20,21). The van der Waals surface area contributed by atoms with Crippen LogP contribution >= 0.6 is 0 Å². The smallest absolute Gasteiger partial charge is 0.307 e. The van der Waals surface area contributed by atoms with E-state index >= 15 is 0 Å². The van der Waals surface area contributed by atoms with Crippen LogP contribution in [0.15, 0.2) is 0 Å². The number of carbonyl (C=O) groups is 1. The summed E-state index contributed by atoms with van der Waals surface area (Å²) in [4.78, 5) is 22.7. The van der Waals surface area contributed by atoms with Crippen LogP contribution in [0, 0.1) is 13.8 Å². The molecule has 5 heteroatoms. The van der Waals surface area contributed by atoms with Gasteiger partial charge in [-0.1, -0.05) is 0 Å². The highest BCUT2D eigenvalue weighted by atomic mass is 16.4. The van der Waals surface area contributed by atoms with E-state index in [2.05, 4.69) is 21.9 Å². The lowest BCUT2D eigenvalue weighted by molar-refractivity contribution is -0.136. The number of piperidine rings is 1. The molecule has 0 spiro atoms. The van der Waals surface area contributed by atoms with Gasteiger partial charge in [0.2, 0.25) is 0 Å². The van der Waals surface area contributed by atoms with E-state index in [-0.39, 0.29) is 6.42 Å². The Morgan fingerprint density at radius 1 is 1.19 bits per heavy atom. The molecule has 5 nitrogen and oxygen atoms in total. The van der Waals surface area contributed by atoms with Gasteiger partial charge in [-0.3, -0.25) is 4.79 Å². The average molecular weight is 289 g/mol. The van der Waals surface area contributed by atoms with Crippen LogP contribution in [0.1, 0.15) is 54.4 Å². The van der Waals surface area contributed by atoms with Crippen LogP contribution in [-0.4, -0.2) is 45.1 Å². The monoisotopic (exact) mass is 289 g/mol. The van der Waals surface area contributed by atoms with Crippen LogP contribution in [0.2, 0.25) is 0 Å². The van der Waals surface area contributed by atoms with Gasteiger partial charge < -0.3 is 10.0 Å². The largest absolute Gasteiger partial charge is 0.481 e. The van der Waals surface area contributed by atoms with Gasteiger partial charge >= 0.3 is 5.97 Å². The van der Waals surface area contributed by atoms with Crippen molar-refractivity contribution in [2.75, 3.05) is 7.05 Å². The van der Waals surface area contributed by atoms with Crippen molar-refractivity contribution in [1.29, 1.82) is 0 Å². The van der Waals surface area contributed by atoms with Gasteiger partial charge in [0.1, 0.15) is 5.82 Å². The van der Waals surface area contributed by atoms with Crippen LogP contribution < -0.4 is 0 Å². The Bertz CT molecular complexity index is 536. The van der Waals surface area contributed by atoms with Gasteiger partial charge in [-0.15, -0.1) is 0 Å². The summed E-state index contributed by atoms with van der Waals surface area (Å²) < 4.78 is 0. The molecule has 0 saturated carbocycles. The van der Waals surface area contributed by atoms with E-state index in [0.717, 1.165) is 35.6 Å². The highest BCUT2D eigenvalue weighted by molar-refractivity contribution is 5.70. The lowest BCUT2D eigenvalue weighted by Crippen LogP contribution is -2.39. The summed E-state index contributed by atoms with van der Waals surface area (Å²) in [6, 6.07) is 1.33. The second-order valence-electron chi connectivity index (χ2n) is 6.52. The SMILES string of the molecule is Cc1nc(C2CC3CCC(C2)N3C)nc(C)c1CC(=O)O. The Hall–Kier alpha value is -1.49. The second kappa shape index (κ2) is 5.37. The highest BCUT2D eigenvalue weighted by Gasteiger charge is 2.39. The number of fused-ring (bicyclic) bond motifs is 2. The molecule has 3 heterocycles. The van der Waals surface area contributed by atoms with Crippen molar-refractivity contribution in [1.82, 2.24) is 14.9 Å². The molecule has 1 N–H and O–H groups in total. The van der Waals surface area contributed by atoms with Crippen LogP contribution in [0.5, 0.6) is 0 Å². The molecule has 0 aromatic carbocycles. The Morgan fingerprint density at radius 3 is 2.19 bits per heavy atom. The Morgan fingerprint density at radius 2 is 1.71 bits per heavy atom. The van der Waals surface area contributed by atoms with Gasteiger partial charge in [0.25, 0.3) is 0 Å². The van der Waals surface area contributed by atoms with E-state index in [1.165, 1.54) is 12.8 Å². The number of nitrogens with zero attached hydrogens (tertiary/aromatic N) is 3. The third-order valence-corrected chi connectivity index (χ3v) is 5.23. The maximum absolute atomic E-state index is 10.9. The van der Waals surface area contributed by atoms with Crippen LogP contribution in [0.25, 0.3) is 0 Å². The van der Waals surface area contributed by atoms with Gasteiger partial charge in [-0.05, 0) is 46.6 Å². The number of hydrogen-bond acceptors (Lipinski definition) is 4. The van der Waals surface area contributed by atoms with Crippen molar-refractivity contribution < 1.29 is 9.90 Å². The van der Waals surface area contributed by atoms with Gasteiger partial charge in [0.15, 0.2) is 0 Å². The first kappa shape index (κ1) is 14.4. The van der Waals surface area contributed by atoms with E-state index in [9.17, 15) is 4.79 Å². The maximum atomic E-state index is 10.9. The Balaban J connectivity index is 1.85. The van der Waals surface area contributed by atoms with Crippen molar-refractivity contribution in [2.45, 2.75) is 64.0 Å². The summed E-state index contributed by atoms with van der Waals surface area (Å²) in [6.45, 7) is 3.81. The lowest BCUT2D eigenvalue weighted by atomic mass is 9.90. The summed E-state index contributed by atoms with van der Waals surface area (Å²) in [5.41, 5.74) is 2.42. The minimum absolute atomic E-state index is 0.0105. The molecule has 0 amide bonds. The van der Waals surface area contributed by atoms with Crippen molar-refractivity contribution in [3.63, 3.8) is 0 Å². The molecule has 0 radical (unpaired) electrons. The molecule has 2 aliphatic heterocycles. The maximum Gasteiger partial charge on any atom is 0.307 e. The van der Waals surface area contributed by atoms with Crippen molar-refractivity contribution >= 4 is 5.97 Å². The first-order chi connectivity index (χ1) is 9.95. The molecule has 2 aliphatic rings. The van der Waals surface area contributed by atoms with Gasteiger partial charge in [-0.25, -0.2) is 9.97 Å². The molecule has 1 aromatic rings. The summed E-state index contributed by atoms with van der Waals surface area (Å²) in [5, 5.41) is 8.98. The molecule has 2 bridgehead atoms.